The quantitative estimate of drug-likeness (QED) is 0.337. The summed E-state index contributed by atoms with van der Waals surface area (Å²) in [6.45, 7) is 3.76. The molecule has 0 aliphatic rings. The molecule has 0 aliphatic carbocycles. The van der Waals surface area contributed by atoms with Crippen molar-refractivity contribution in [2.45, 2.75) is 45.6 Å². The van der Waals surface area contributed by atoms with Gasteiger partial charge in [-0.25, -0.2) is 4.79 Å². The van der Waals surface area contributed by atoms with Gasteiger partial charge in [-0.05, 0) is 56.4 Å². The lowest BCUT2D eigenvalue weighted by molar-refractivity contribution is -0.146. The van der Waals surface area contributed by atoms with Crippen molar-refractivity contribution in [3.8, 4) is 0 Å². The van der Waals surface area contributed by atoms with Crippen LogP contribution in [0.25, 0.3) is 11.0 Å². The Bertz CT molecular complexity index is 1290. The van der Waals surface area contributed by atoms with Crippen molar-refractivity contribution < 1.29 is 23.9 Å². The molecular weight excluding hydrogens is 466 g/mol. The minimum atomic E-state index is -0.964. The van der Waals surface area contributed by atoms with Crippen molar-refractivity contribution in [3.05, 3.63) is 57.5 Å². The van der Waals surface area contributed by atoms with E-state index in [2.05, 4.69) is 15.3 Å². The summed E-state index contributed by atoms with van der Waals surface area (Å²) in [6.07, 6.45) is 3.06. The minimum absolute atomic E-state index is 0.0183. The Kier molecular flexibility index (Phi) is 8.82. The maximum Gasteiger partial charge on any atom is 0.328 e. The highest BCUT2D eigenvalue weighted by Gasteiger charge is 2.24. The predicted molar refractivity (Wildman–Crippen MR) is 133 cm³/mol. The van der Waals surface area contributed by atoms with E-state index < -0.39 is 23.9 Å². The summed E-state index contributed by atoms with van der Waals surface area (Å²) >= 11 is 0. The van der Waals surface area contributed by atoms with Gasteiger partial charge in [0.2, 0.25) is 5.95 Å². The SMILES string of the molecule is CCOC(=O)CC[C@H](NC(=O)c1ccc(CCc2c[nH]c3c2c(=O)nc(N)n3C)cc1)C(=O)OCC. The van der Waals surface area contributed by atoms with Gasteiger partial charge in [0.1, 0.15) is 11.7 Å². The van der Waals surface area contributed by atoms with E-state index in [0.717, 1.165) is 11.1 Å². The lowest BCUT2D eigenvalue weighted by Crippen LogP contribution is -2.42. The van der Waals surface area contributed by atoms with Crippen LogP contribution in [-0.4, -0.2) is 51.6 Å². The smallest absolute Gasteiger partial charge is 0.328 e. The number of ether oxygens (including phenoxy) is 2. The molecule has 36 heavy (non-hydrogen) atoms. The number of nitrogens with two attached hydrogens (primary N) is 1. The molecule has 1 aromatic carbocycles. The van der Waals surface area contributed by atoms with Crippen LogP contribution in [-0.2, 0) is 39.0 Å². The van der Waals surface area contributed by atoms with Crippen molar-refractivity contribution in [3.63, 3.8) is 0 Å². The number of aryl methyl sites for hydroxylation is 3. The molecule has 3 rings (SSSR count). The summed E-state index contributed by atoms with van der Waals surface area (Å²) < 4.78 is 11.6. The summed E-state index contributed by atoms with van der Waals surface area (Å²) in [7, 11) is 1.73. The monoisotopic (exact) mass is 497 g/mol. The number of esters is 2. The first-order valence-electron chi connectivity index (χ1n) is 11.8. The van der Waals surface area contributed by atoms with Gasteiger partial charge < -0.3 is 30.1 Å². The van der Waals surface area contributed by atoms with Crippen LogP contribution in [0.2, 0.25) is 0 Å². The Morgan fingerprint density at radius 3 is 2.47 bits per heavy atom. The summed E-state index contributed by atoms with van der Waals surface area (Å²) in [5.41, 5.74) is 8.16. The average molecular weight is 498 g/mol. The van der Waals surface area contributed by atoms with Crippen molar-refractivity contribution in [2.24, 2.45) is 7.05 Å². The number of carbonyl (C=O) groups excluding carboxylic acids is 3. The van der Waals surface area contributed by atoms with E-state index in [9.17, 15) is 19.2 Å². The van der Waals surface area contributed by atoms with E-state index >= 15 is 0 Å². The van der Waals surface area contributed by atoms with Crippen LogP contribution in [0.5, 0.6) is 0 Å². The number of hydrogen-bond acceptors (Lipinski definition) is 8. The summed E-state index contributed by atoms with van der Waals surface area (Å²) in [5.74, 6) is -1.36. The molecule has 0 aliphatic heterocycles. The zero-order valence-electron chi connectivity index (χ0n) is 20.6. The summed E-state index contributed by atoms with van der Waals surface area (Å²) in [4.78, 5) is 56.0. The predicted octanol–water partition coefficient (Wildman–Crippen LogP) is 1.63. The first kappa shape index (κ1) is 26.5. The van der Waals surface area contributed by atoms with Gasteiger partial charge in [0.05, 0.1) is 18.6 Å². The van der Waals surface area contributed by atoms with Crippen LogP contribution >= 0.6 is 0 Å². The number of hydrogen-bond donors (Lipinski definition) is 3. The Morgan fingerprint density at radius 1 is 1.11 bits per heavy atom. The highest BCUT2D eigenvalue weighted by Crippen LogP contribution is 2.18. The van der Waals surface area contributed by atoms with Crippen LogP contribution in [0.4, 0.5) is 5.95 Å². The number of anilines is 1. The van der Waals surface area contributed by atoms with Crippen molar-refractivity contribution in [2.75, 3.05) is 18.9 Å². The van der Waals surface area contributed by atoms with Gasteiger partial charge in [-0.15, -0.1) is 0 Å². The fourth-order valence-electron chi connectivity index (χ4n) is 3.83. The topological polar surface area (TPSA) is 158 Å². The number of H-pyrrole nitrogens is 1. The lowest BCUT2D eigenvalue weighted by Gasteiger charge is -2.17. The Balaban J connectivity index is 1.64. The number of carbonyl (C=O) groups is 3. The number of aromatic nitrogens is 3. The normalized spacial score (nSPS) is 11.8. The summed E-state index contributed by atoms with van der Waals surface area (Å²) in [5, 5.41) is 3.16. The third-order valence-electron chi connectivity index (χ3n) is 5.77. The Morgan fingerprint density at radius 2 is 1.81 bits per heavy atom. The second-order valence-corrected chi connectivity index (χ2v) is 8.19. The molecule has 3 aromatic rings. The molecule has 0 saturated carbocycles. The first-order valence-corrected chi connectivity index (χ1v) is 11.8. The molecular formula is C25H31N5O6. The Hall–Kier alpha value is -4.15. The Labute approximate surface area is 208 Å². The molecule has 192 valence electrons. The van der Waals surface area contributed by atoms with E-state index in [-0.39, 0.29) is 37.6 Å². The van der Waals surface area contributed by atoms with Crippen molar-refractivity contribution in [1.29, 1.82) is 0 Å². The number of rotatable bonds is 11. The second kappa shape index (κ2) is 12.0. The number of nitrogens with one attached hydrogen (secondary N) is 2. The van der Waals surface area contributed by atoms with Crippen molar-refractivity contribution in [1.82, 2.24) is 19.9 Å². The van der Waals surface area contributed by atoms with E-state index in [0.29, 0.717) is 29.4 Å². The third kappa shape index (κ3) is 6.29. The van der Waals surface area contributed by atoms with E-state index in [1.165, 1.54) is 0 Å². The molecule has 0 radical (unpaired) electrons. The highest BCUT2D eigenvalue weighted by atomic mass is 16.5. The third-order valence-corrected chi connectivity index (χ3v) is 5.77. The van der Waals surface area contributed by atoms with Crippen LogP contribution < -0.4 is 16.6 Å². The molecule has 0 saturated heterocycles. The minimum Gasteiger partial charge on any atom is -0.466 e. The molecule has 4 N–H and O–H groups in total. The number of aromatic amines is 1. The number of nitrogen functional groups attached to an aromatic ring is 1. The molecule has 0 spiro atoms. The van der Waals surface area contributed by atoms with Crippen LogP contribution in [0.3, 0.4) is 0 Å². The average Bonchev–Trinajstić information content (AvgIpc) is 3.29. The van der Waals surface area contributed by atoms with E-state index in [1.54, 1.807) is 43.8 Å². The number of nitrogens with zero attached hydrogens (tertiary/aromatic N) is 2. The fourth-order valence-corrected chi connectivity index (χ4v) is 3.83. The maximum absolute atomic E-state index is 12.7. The summed E-state index contributed by atoms with van der Waals surface area (Å²) in [6, 6.07) is 5.99. The van der Waals surface area contributed by atoms with Crippen molar-refractivity contribution >= 4 is 34.8 Å². The molecule has 0 fully saturated rings. The van der Waals surface area contributed by atoms with Crippen LogP contribution in [0.15, 0.2) is 35.3 Å². The molecule has 0 unspecified atom stereocenters. The van der Waals surface area contributed by atoms with Crippen LogP contribution in [0.1, 0.15) is 48.2 Å². The largest absolute Gasteiger partial charge is 0.466 e. The number of fused-ring (bicyclic) bond motifs is 1. The van der Waals surface area contributed by atoms with Gasteiger partial charge in [0, 0.05) is 25.2 Å². The molecule has 2 heterocycles. The number of benzene rings is 1. The zero-order valence-corrected chi connectivity index (χ0v) is 20.6. The van der Waals surface area contributed by atoms with Crippen LogP contribution in [0, 0.1) is 0 Å². The van der Waals surface area contributed by atoms with E-state index in [1.807, 2.05) is 12.1 Å². The zero-order chi connectivity index (χ0) is 26.2. The van der Waals surface area contributed by atoms with Gasteiger partial charge in [0.15, 0.2) is 0 Å². The molecule has 11 heteroatoms. The van der Waals surface area contributed by atoms with Gasteiger partial charge in [-0.1, -0.05) is 12.1 Å². The molecule has 1 atom stereocenters. The van der Waals surface area contributed by atoms with E-state index in [4.69, 9.17) is 15.2 Å². The standard InChI is InChI=1S/C25H31N5O6/c1-4-35-19(31)13-12-18(24(34)36-5-2)28-22(32)16-9-6-15(7-10-16)8-11-17-14-27-21-20(17)23(33)29-25(26)30(21)3/h6-7,9-10,14,18,27H,4-5,8,11-13H2,1-3H3,(H,28,32)(H2,26,29,33)/t18-/m0/s1. The van der Waals surface area contributed by atoms with Gasteiger partial charge in [-0.2, -0.15) is 4.98 Å². The van der Waals surface area contributed by atoms with Gasteiger partial charge in [0.25, 0.3) is 11.5 Å². The maximum atomic E-state index is 12.7. The highest BCUT2D eigenvalue weighted by molar-refractivity contribution is 5.96. The van der Waals surface area contributed by atoms with Gasteiger partial charge in [-0.3, -0.25) is 14.4 Å². The fraction of sp³-hybridized carbons (Fsp3) is 0.400. The molecule has 0 bridgehead atoms. The molecule has 11 nitrogen and oxygen atoms in total. The first-order chi connectivity index (χ1) is 17.2. The van der Waals surface area contributed by atoms with Gasteiger partial charge >= 0.3 is 11.9 Å². The number of amides is 1. The second-order valence-electron chi connectivity index (χ2n) is 8.19. The molecule has 2 aromatic heterocycles. The lowest BCUT2D eigenvalue weighted by atomic mass is 10.0. The molecule has 1 amide bonds.